The lowest BCUT2D eigenvalue weighted by molar-refractivity contribution is -0.0897. The van der Waals surface area contributed by atoms with E-state index in [-0.39, 0.29) is 5.60 Å². The summed E-state index contributed by atoms with van der Waals surface area (Å²) in [5.41, 5.74) is 0.475. The van der Waals surface area contributed by atoms with E-state index in [1.54, 1.807) is 0 Å². The zero-order chi connectivity index (χ0) is 14.1. The van der Waals surface area contributed by atoms with E-state index in [0.29, 0.717) is 11.5 Å². The fourth-order valence-electron chi connectivity index (χ4n) is 3.98. The highest BCUT2D eigenvalue weighted by Crippen LogP contribution is 2.41. The SMILES string of the molecule is CCNC1C(CN2CCOC(C)(C)C2)CCC1(C)C. The first-order valence-corrected chi connectivity index (χ1v) is 7.94. The molecule has 0 bridgehead atoms. The summed E-state index contributed by atoms with van der Waals surface area (Å²) in [6, 6.07) is 0.670. The third kappa shape index (κ3) is 3.71. The first kappa shape index (κ1) is 15.3. The lowest BCUT2D eigenvalue weighted by atomic mass is 9.84. The van der Waals surface area contributed by atoms with Crippen LogP contribution in [-0.2, 0) is 4.74 Å². The predicted molar refractivity (Wildman–Crippen MR) is 80.4 cm³/mol. The van der Waals surface area contributed by atoms with Crippen LogP contribution < -0.4 is 5.32 Å². The molecule has 0 aromatic heterocycles. The van der Waals surface area contributed by atoms with E-state index in [9.17, 15) is 0 Å². The molecule has 0 aromatic carbocycles. The van der Waals surface area contributed by atoms with Gasteiger partial charge in [0.25, 0.3) is 0 Å². The van der Waals surface area contributed by atoms with Crippen LogP contribution in [0.4, 0.5) is 0 Å². The fourth-order valence-corrected chi connectivity index (χ4v) is 3.98. The molecule has 1 saturated heterocycles. The number of rotatable bonds is 4. The third-order valence-corrected chi connectivity index (χ3v) is 4.89. The van der Waals surface area contributed by atoms with Crippen molar-refractivity contribution in [2.75, 3.05) is 32.8 Å². The molecule has 19 heavy (non-hydrogen) atoms. The van der Waals surface area contributed by atoms with Crippen molar-refractivity contribution in [1.82, 2.24) is 10.2 Å². The van der Waals surface area contributed by atoms with E-state index in [1.165, 1.54) is 19.4 Å². The topological polar surface area (TPSA) is 24.5 Å². The highest BCUT2D eigenvalue weighted by atomic mass is 16.5. The van der Waals surface area contributed by atoms with E-state index < -0.39 is 0 Å². The van der Waals surface area contributed by atoms with Gasteiger partial charge in [0.1, 0.15) is 0 Å². The highest BCUT2D eigenvalue weighted by Gasteiger charge is 2.42. The number of nitrogens with zero attached hydrogens (tertiary/aromatic N) is 1. The van der Waals surface area contributed by atoms with Crippen LogP contribution in [0.5, 0.6) is 0 Å². The van der Waals surface area contributed by atoms with Crippen LogP contribution in [-0.4, -0.2) is 49.3 Å². The quantitative estimate of drug-likeness (QED) is 0.848. The molecule has 0 radical (unpaired) electrons. The largest absolute Gasteiger partial charge is 0.373 e. The predicted octanol–water partition coefficient (Wildman–Crippen LogP) is 2.51. The Hall–Kier alpha value is -0.120. The van der Waals surface area contributed by atoms with Gasteiger partial charge >= 0.3 is 0 Å². The molecule has 2 rings (SSSR count). The molecule has 2 fully saturated rings. The Balaban J connectivity index is 1.94. The minimum absolute atomic E-state index is 0.0278. The van der Waals surface area contributed by atoms with Gasteiger partial charge in [0.05, 0.1) is 12.2 Å². The monoisotopic (exact) mass is 268 g/mol. The number of ether oxygens (including phenoxy) is 1. The van der Waals surface area contributed by atoms with Gasteiger partial charge in [-0.1, -0.05) is 20.8 Å². The molecule has 1 heterocycles. The van der Waals surface area contributed by atoms with E-state index >= 15 is 0 Å². The summed E-state index contributed by atoms with van der Waals surface area (Å²) < 4.78 is 5.82. The molecule has 2 atom stereocenters. The second-order valence-corrected chi connectivity index (χ2v) is 7.67. The van der Waals surface area contributed by atoms with Gasteiger partial charge in [0.15, 0.2) is 0 Å². The van der Waals surface area contributed by atoms with Crippen molar-refractivity contribution in [1.29, 1.82) is 0 Å². The molecule has 3 nitrogen and oxygen atoms in total. The van der Waals surface area contributed by atoms with Crippen molar-refractivity contribution >= 4 is 0 Å². The molecule has 1 aliphatic heterocycles. The van der Waals surface area contributed by atoms with Crippen LogP contribution in [0.2, 0.25) is 0 Å². The Kier molecular flexibility index (Phi) is 4.59. The Morgan fingerprint density at radius 3 is 2.63 bits per heavy atom. The van der Waals surface area contributed by atoms with Gasteiger partial charge in [-0.25, -0.2) is 0 Å². The van der Waals surface area contributed by atoms with Crippen LogP contribution in [0, 0.1) is 11.3 Å². The second-order valence-electron chi connectivity index (χ2n) is 7.67. The van der Waals surface area contributed by atoms with E-state index in [4.69, 9.17) is 4.74 Å². The molecular formula is C16H32N2O. The molecule has 0 spiro atoms. The molecule has 0 amide bonds. The summed E-state index contributed by atoms with van der Waals surface area (Å²) in [6.07, 6.45) is 2.71. The Morgan fingerprint density at radius 2 is 2.00 bits per heavy atom. The molecule has 2 unspecified atom stereocenters. The number of hydrogen-bond donors (Lipinski definition) is 1. The maximum atomic E-state index is 5.82. The van der Waals surface area contributed by atoms with Gasteiger partial charge in [0.2, 0.25) is 0 Å². The smallest absolute Gasteiger partial charge is 0.0753 e. The molecule has 1 N–H and O–H groups in total. The molecule has 0 aromatic rings. The van der Waals surface area contributed by atoms with E-state index in [2.05, 4.69) is 44.8 Å². The average molecular weight is 268 g/mol. The summed E-state index contributed by atoms with van der Waals surface area (Å²) in [5, 5.41) is 3.74. The summed E-state index contributed by atoms with van der Waals surface area (Å²) in [5.74, 6) is 0.795. The molecule has 1 aliphatic carbocycles. The zero-order valence-electron chi connectivity index (χ0n) is 13.5. The van der Waals surface area contributed by atoms with Gasteiger partial charge in [0, 0.05) is 25.7 Å². The van der Waals surface area contributed by atoms with Crippen molar-refractivity contribution in [2.45, 2.75) is 59.1 Å². The summed E-state index contributed by atoms with van der Waals surface area (Å²) in [7, 11) is 0. The van der Waals surface area contributed by atoms with Crippen molar-refractivity contribution in [3.63, 3.8) is 0 Å². The van der Waals surface area contributed by atoms with Crippen LogP contribution in [0.3, 0.4) is 0 Å². The summed E-state index contributed by atoms with van der Waals surface area (Å²) >= 11 is 0. The first-order chi connectivity index (χ1) is 8.84. The Bertz CT molecular complexity index is 301. The maximum absolute atomic E-state index is 5.82. The van der Waals surface area contributed by atoms with Gasteiger partial charge in [-0.3, -0.25) is 4.90 Å². The van der Waals surface area contributed by atoms with Crippen LogP contribution in [0.15, 0.2) is 0 Å². The normalized spacial score (nSPS) is 34.6. The van der Waals surface area contributed by atoms with Gasteiger partial charge < -0.3 is 10.1 Å². The van der Waals surface area contributed by atoms with Crippen LogP contribution in [0.1, 0.15) is 47.5 Å². The van der Waals surface area contributed by atoms with Crippen LogP contribution in [0.25, 0.3) is 0 Å². The zero-order valence-corrected chi connectivity index (χ0v) is 13.5. The minimum atomic E-state index is 0.0278. The Morgan fingerprint density at radius 1 is 1.26 bits per heavy atom. The van der Waals surface area contributed by atoms with Crippen molar-refractivity contribution in [3.8, 4) is 0 Å². The van der Waals surface area contributed by atoms with Crippen molar-refractivity contribution < 1.29 is 4.74 Å². The Labute approximate surface area is 119 Å². The first-order valence-electron chi connectivity index (χ1n) is 7.94. The van der Waals surface area contributed by atoms with Gasteiger partial charge in [-0.2, -0.15) is 0 Å². The number of nitrogens with one attached hydrogen (secondary N) is 1. The van der Waals surface area contributed by atoms with Crippen molar-refractivity contribution in [3.05, 3.63) is 0 Å². The van der Waals surface area contributed by atoms with Crippen molar-refractivity contribution in [2.24, 2.45) is 11.3 Å². The summed E-state index contributed by atoms with van der Waals surface area (Å²) in [6.45, 7) is 16.8. The van der Waals surface area contributed by atoms with E-state index in [0.717, 1.165) is 32.2 Å². The summed E-state index contributed by atoms with van der Waals surface area (Å²) in [4.78, 5) is 2.61. The highest BCUT2D eigenvalue weighted by molar-refractivity contribution is 4.97. The molecule has 112 valence electrons. The molecule has 1 saturated carbocycles. The average Bonchev–Trinajstić information content (AvgIpc) is 2.56. The second kappa shape index (κ2) is 5.71. The molecular weight excluding hydrogens is 236 g/mol. The maximum Gasteiger partial charge on any atom is 0.0753 e. The minimum Gasteiger partial charge on any atom is -0.373 e. The lowest BCUT2D eigenvalue weighted by Gasteiger charge is -2.41. The number of hydrogen-bond acceptors (Lipinski definition) is 3. The van der Waals surface area contributed by atoms with Gasteiger partial charge in [-0.05, 0) is 44.6 Å². The van der Waals surface area contributed by atoms with Crippen LogP contribution >= 0.6 is 0 Å². The standard InChI is InChI=1S/C16H32N2O/c1-6-17-14-13(7-8-15(14,2)3)11-18-9-10-19-16(4,5)12-18/h13-14,17H,6-12H2,1-5H3. The fraction of sp³-hybridized carbons (Fsp3) is 1.00. The molecule has 3 heteroatoms. The lowest BCUT2D eigenvalue weighted by Crippen LogP contribution is -2.52. The third-order valence-electron chi connectivity index (χ3n) is 4.89. The van der Waals surface area contributed by atoms with Gasteiger partial charge in [-0.15, -0.1) is 0 Å². The van der Waals surface area contributed by atoms with E-state index in [1.807, 2.05) is 0 Å². The number of morpholine rings is 1. The molecule has 2 aliphatic rings.